The van der Waals surface area contributed by atoms with Crippen molar-refractivity contribution in [2.45, 2.75) is 149 Å². The average molecular weight is 1690 g/mol. The Bertz CT molecular complexity index is 4410. The Morgan fingerprint density at radius 3 is 1.17 bits per heavy atom. The Hall–Kier alpha value is -12.3. The zero-order valence-electron chi connectivity index (χ0n) is 70.6. The SMILES string of the molecule is C=CC(=O)OCCCCCCOC(=O)c1ccc(OC)cc1.C=CC(=O)OCCCCCCOc1ccc(OC)cc1.C=CC(=O)OCCCCOc1ccc(OC)cc1.C=CC(=O)OCOC(=O)c1ccc(OC)cc1.CC(=O)C1CCC(C(=O)Oc2ccc(OC(=O)C3CCC(C(C)=O)CC3)c(C=NC(C)(C)c3nc4ccccc4s3)c2)CC1. The summed E-state index contributed by atoms with van der Waals surface area (Å²) >= 11 is 1.58. The number of unbranched alkanes of at least 4 members (excludes halogenated alkanes) is 7. The van der Waals surface area contributed by atoms with Crippen LogP contribution in [0.1, 0.15) is 175 Å². The first-order valence-corrected chi connectivity index (χ1v) is 41.0. The molecule has 0 amide bonds. The monoisotopic (exact) mass is 1690 g/mol. The fourth-order valence-corrected chi connectivity index (χ4v) is 12.8. The standard InChI is InChI=1S/C35H40N2O6S.C17H22O5.C16H22O4.C14H18O4.C12H12O5/c1-21(38)23-9-13-25(14-10-23)32(40)42-28-17-18-30(43-33(41)26-15-11-24(12-16-26)22(2)39)27(19-28)20-36-35(3,4)34-37-29-7-5-6-8-31(29)44-34;1-3-16(18)21-12-6-4-5-7-13-22-17(19)14-8-10-15(20-2)11-9-14;1-3-16(17)20-13-7-5-4-6-12-19-15-10-8-14(18-2)9-11-15;1-3-14(15)18-11-5-4-10-17-13-8-6-12(16-2)7-9-13;1-3-11(13)16-8-17-12(14)9-4-6-10(15-2)7-5-9/h5-8,17-20,23-26H,9-16H2,1-4H3;3,8-11H,1,4-7,12-13H2,2H3;3,8-11H,1,4-7,12-13H2,2H3;3,6-9H,1,4-5,10-11H2,2H3;3-7H,1,8H2,2H3. The topological polar surface area (TPSA) is 325 Å². The number of aromatic nitrogens is 1. The largest absolute Gasteiger partial charge is 0.497 e. The molecule has 2 saturated carbocycles. The fourth-order valence-electron chi connectivity index (χ4n) is 11.8. The van der Waals surface area contributed by atoms with Crippen LogP contribution in [0.5, 0.6) is 46.0 Å². The van der Waals surface area contributed by atoms with Gasteiger partial charge in [0, 0.05) is 47.9 Å². The maximum atomic E-state index is 13.2. The van der Waals surface area contributed by atoms with Gasteiger partial charge in [-0.15, -0.1) is 11.3 Å². The van der Waals surface area contributed by atoms with Crippen molar-refractivity contribution in [1.82, 2.24) is 4.98 Å². The first kappa shape index (κ1) is 99.3. The molecule has 27 heteroatoms. The summed E-state index contributed by atoms with van der Waals surface area (Å²) in [7, 11) is 6.37. The molecule has 0 N–H and O–H groups in total. The Morgan fingerprint density at radius 2 is 0.752 bits per heavy atom. The number of para-hydroxylation sites is 1. The predicted octanol–water partition coefficient (Wildman–Crippen LogP) is 17.9. The van der Waals surface area contributed by atoms with Crippen molar-refractivity contribution in [3.05, 3.63) is 212 Å². The molecule has 2 aliphatic rings. The van der Waals surface area contributed by atoms with E-state index in [0.29, 0.717) is 131 Å². The molecule has 650 valence electrons. The van der Waals surface area contributed by atoms with Crippen LogP contribution in [0.15, 0.2) is 195 Å². The molecule has 6 aromatic carbocycles. The molecule has 7 aromatic rings. The van der Waals surface area contributed by atoms with E-state index in [4.69, 9.17) is 71.6 Å². The van der Waals surface area contributed by atoms with Crippen LogP contribution in [0.4, 0.5) is 0 Å². The van der Waals surface area contributed by atoms with Gasteiger partial charge >= 0.3 is 47.8 Å². The van der Waals surface area contributed by atoms with Gasteiger partial charge in [-0.3, -0.25) is 24.2 Å². The van der Waals surface area contributed by atoms with E-state index in [1.807, 2.05) is 86.6 Å². The lowest BCUT2D eigenvalue weighted by atomic mass is 9.80. The number of thiazole rings is 1. The summed E-state index contributed by atoms with van der Waals surface area (Å²) < 4.78 is 73.0. The van der Waals surface area contributed by atoms with Gasteiger partial charge in [-0.25, -0.2) is 33.8 Å². The summed E-state index contributed by atoms with van der Waals surface area (Å²) in [6.45, 7) is 22.9. The van der Waals surface area contributed by atoms with Gasteiger partial charge in [0.15, 0.2) is 0 Å². The first-order chi connectivity index (χ1) is 58.3. The molecule has 0 saturated heterocycles. The van der Waals surface area contributed by atoms with Crippen LogP contribution in [0.2, 0.25) is 0 Å². The lowest BCUT2D eigenvalue weighted by Gasteiger charge is -2.26. The highest BCUT2D eigenvalue weighted by Crippen LogP contribution is 2.36. The number of rotatable bonds is 42. The molecule has 1 heterocycles. The zero-order chi connectivity index (χ0) is 88.2. The van der Waals surface area contributed by atoms with Crippen LogP contribution >= 0.6 is 11.3 Å². The third-order valence-corrected chi connectivity index (χ3v) is 20.3. The van der Waals surface area contributed by atoms with Gasteiger partial charge in [-0.05, 0) is 271 Å². The van der Waals surface area contributed by atoms with Crippen LogP contribution in [-0.4, -0.2) is 145 Å². The molecular weight excluding hydrogens is 1570 g/mol. The van der Waals surface area contributed by atoms with Crippen LogP contribution < -0.4 is 37.9 Å². The second-order valence-corrected chi connectivity index (χ2v) is 29.2. The van der Waals surface area contributed by atoms with Crippen LogP contribution in [-0.2, 0) is 72.3 Å². The van der Waals surface area contributed by atoms with Crippen molar-refractivity contribution in [2.24, 2.45) is 28.7 Å². The maximum absolute atomic E-state index is 13.2. The summed E-state index contributed by atoms with van der Waals surface area (Å²) in [4.78, 5) is 126. The molecule has 26 nitrogen and oxygen atoms in total. The number of hydrogen-bond donors (Lipinski definition) is 0. The molecule has 0 spiro atoms. The van der Waals surface area contributed by atoms with Crippen molar-refractivity contribution < 1.29 is 114 Å². The summed E-state index contributed by atoms with van der Waals surface area (Å²) in [6, 6.07) is 41.0. The maximum Gasteiger partial charge on any atom is 0.341 e. The second-order valence-electron chi connectivity index (χ2n) is 28.2. The van der Waals surface area contributed by atoms with Gasteiger partial charge in [0.05, 0.1) is 101 Å². The second kappa shape index (κ2) is 56.2. The van der Waals surface area contributed by atoms with E-state index in [2.05, 4.69) is 31.1 Å². The highest BCUT2D eigenvalue weighted by molar-refractivity contribution is 7.18. The number of ketones is 2. The molecular formula is C94H114N2O24S. The van der Waals surface area contributed by atoms with E-state index in [-0.39, 0.29) is 65.1 Å². The van der Waals surface area contributed by atoms with Gasteiger partial charge in [-0.2, -0.15) is 0 Å². The summed E-state index contributed by atoms with van der Waals surface area (Å²) in [5.41, 5.74) is 1.61. The lowest BCUT2D eigenvalue weighted by Crippen LogP contribution is -2.28. The summed E-state index contributed by atoms with van der Waals surface area (Å²) in [5.74, 6) is 1.78. The van der Waals surface area contributed by atoms with Gasteiger partial charge in [-0.1, -0.05) is 38.4 Å². The number of Topliss-reactive ketones (excluding diaryl/α,β-unsaturated/α-hetero) is 2. The molecule has 1 aromatic heterocycles. The fraction of sp³-hybridized carbons (Fsp3) is 0.404. The van der Waals surface area contributed by atoms with E-state index in [1.165, 1.54) is 13.2 Å². The minimum absolute atomic E-state index is 0.0120. The molecule has 0 bridgehead atoms. The van der Waals surface area contributed by atoms with Gasteiger partial charge in [0.25, 0.3) is 0 Å². The first-order valence-electron chi connectivity index (χ1n) is 40.2. The van der Waals surface area contributed by atoms with Gasteiger partial charge < -0.3 is 66.3 Å². The molecule has 2 aliphatic carbocycles. The number of esters is 8. The van der Waals surface area contributed by atoms with Crippen molar-refractivity contribution >= 4 is 87.1 Å². The number of methoxy groups -OCH3 is 4. The van der Waals surface area contributed by atoms with Crippen molar-refractivity contribution in [3.8, 4) is 46.0 Å². The smallest absolute Gasteiger partial charge is 0.341 e. The Morgan fingerprint density at radius 1 is 0.405 bits per heavy atom. The molecule has 9 rings (SSSR count). The van der Waals surface area contributed by atoms with Crippen molar-refractivity contribution in [1.29, 1.82) is 0 Å². The number of nitrogens with zero attached hydrogens (tertiary/aromatic N) is 2. The predicted molar refractivity (Wildman–Crippen MR) is 460 cm³/mol. The number of aliphatic imine (C=N–C) groups is 1. The number of ether oxygens (including phenoxy) is 14. The summed E-state index contributed by atoms with van der Waals surface area (Å²) in [5, 5.41) is 0.847. The Kier molecular flexibility index (Phi) is 46.2. The molecule has 0 unspecified atom stereocenters. The molecule has 0 atom stereocenters. The van der Waals surface area contributed by atoms with E-state index in [0.717, 1.165) is 121 Å². The van der Waals surface area contributed by atoms with E-state index in [9.17, 15) is 47.9 Å². The minimum Gasteiger partial charge on any atom is -0.497 e. The average Bonchev–Trinajstić information content (AvgIpc) is 1.71. The van der Waals surface area contributed by atoms with Crippen molar-refractivity contribution in [2.75, 3.05) is 74.9 Å². The van der Waals surface area contributed by atoms with Crippen LogP contribution in [0, 0.1) is 23.7 Å². The van der Waals surface area contributed by atoms with Crippen molar-refractivity contribution in [3.63, 3.8) is 0 Å². The highest BCUT2D eigenvalue weighted by Gasteiger charge is 2.32. The third-order valence-electron chi connectivity index (χ3n) is 19.0. The Labute approximate surface area is 712 Å². The molecule has 0 aliphatic heterocycles. The number of hydrogen-bond acceptors (Lipinski definition) is 27. The van der Waals surface area contributed by atoms with Crippen LogP contribution in [0.25, 0.3) is 10.2 Å². The molecule has 121 heavy (non-hydrogen) atoms. The van der Waals surface area contributed by atoms with E-state index < -0.39 is 30.2 Å². The number of benzene rings is 6. The lowest BCUT2D eigenvalue weighted by molar-refractivity contribution is -0.146. The molecule has 2 fully saturated rings. The van der Waals surface area contributed by atoms with Gasteiger partial charge in [0.1, 0.15) is 68.1 Å². The number of carbonyl (C=O) groups is 10. The quantitative estimate of drug-likeness (QED) is 0.00652. The van der Waals surface area contributed by atoms with Gasteiger partial charge in [0.2, 0.25) is 6.79 Å². The highest BCUT2D eigenvalue weighted by atomic mass is 32.1. The minimum atomic E-state index is -0.669. The normalized spacial score (nSPS) is 14.3. The third kappa shape index (κ3) is 38.6. The molecule has 0 radical (unpaired) electrons. The number of fused-ring (bicyclic) bond motifs is 1. The van der Waals surface area contributed by atoms with E-state index in [1.54, 1.807) is 119 Å². The Balaban J connectivity index is 0.000000288. The zero-order valence-corrected chi connectivity index (χ0v) is 71.4. The number of carbonyl (C=O) groups excluding carboxylic acids is 10. The van der Waals surface area contributed by atoms with E-state index >= 15 is 0 Å². The van der Waals surface area contributed by atoms with Crippen LogP contribution in [0.3, 0.4) is 0 Å². The summed E-state index contributed by atoms with van der Waals surface area (Å²) in [6.07, 6.45) is 20.3.